The van der Waals surface area contributed by atoms with Gasteiger partial charge in [0.2, 0.25) is 0 Å². The van der Waals surface area contributed by atoms with Crippen LogP contribution in [0.2, 0.25) is 0 Å². The molecule has 0 aliphatic heterocycles. The summed E-state index contributed by atoms with van der Waals surface area (Å²) >= 11 is 3.24. The monoisotopic (exact) mass is 203 g/mol. The predicted octanol–water partition coefficient (Wildman–Crippen LogP) is 1.70. The Morgan fingerprint density at radius 3 is 2.80 bits per heavy atom. The van der Waals surface area contributed by atoms with E-state index in [0.717, 1.165) is 5.33 Å². The average Bonchev–Trinajstić information content (AvgIpc) is 2.73. The van der Waals surface area contributed by atoms with Crippen LogP contribution in [0.4, 0.5) is 0 Å². The summed E-state index contributed by atoms with van der Waals surface area (Å²) in [6, 6.07) is 2.16. The lowest BCUT2D eigenvalue weighted by atomic mass is 10.2. The van der Waals surface area contributed by atoms with E-state index < -0.39 is 0 Å². The molecule has 0 aromatic heterocycles. The number of hydrogen-bond donors (Lipinski definition) is 0. The summed E-state index contributed by atoms with van der Waals surface area (Å²) in [4.78, 5) is 0. The smallest absolute Gasteiger partial charge is 0.146 e. The van der Waals surface area contributed by atoms with Crippen molar-refractivity contribution in [1.29, 1.82) is 5.26 Å². The fourth-order valence-corrected chi connectivity index (χ4v) is 1.04. The first-order valence-electron chi connectivity index (χ1n) is 3.45. The summed E-state index contributed by atoms with van der Waals surface area (Å²) in [5, 5.41) is 9.39. The second kappa shape index (κ2) is 3.95. The number of halogens is 1. The number of hydrogen-bond acceptors (Lipinski definition) is 2. The third-order valence-corrected chi connectivity index (χ3v) is 1.88. The van der Waals surface area contributed by atoms with Crippen LogP contribution in [0.15, 0.2) is 0 Å². The van der Waals surface area contributed by atoms with Crippen molar-refractivity contribution in [1.82, 2.24) is 0 Å². The molecule has 1 aliphatic rings. The first kappa shape index (κ1) is 8.03. The van der Waals surface area contributed by atoms with Crippen LogP contribution in [0, 0.1) is 17.2 Å². The van der Waals surface area contributed by atoms with Crippen LogP contribution in [0.3, 0.4) is 0 Å². The van der Waals surface area contributed by atoms with Gasteiger partial charge in [-0.1, -0.05) is 15.9 Å². The lowest BCUT2D eigenvalue weighted by molar-refractivity contribution is 0.0890. The van der Waals surface area contributed by atoms with Gasteiger partial charge in [-0.2, -0.15) is 5.26 Å². The summed E-state index contributed by atoms with van der Waals surface area (Å²) in [6.45, 7) is 0.648. The second-order valence-electron chi connectivity index (χ2n) is 2.45. The molecule has 0 radical (unpaired) electrons. The highest BCUT2D eigenvalue weighted by Gasteiger charge is 2.31. The van der Waals surface area contributed by atoms with Gasteiger partial charge in [0.15, 0.2) is 0 Å². The molecule has 1 fully saturated rings. The fourth-order valence-electron chi connectivity index (χ4n) is 0.849. The Morgan fingerprint density at radius 1 is 1.70 bits per heavy atom. The normalized spacial score (nSPS) is 20.0. The fraction of sp³-hybridized carbons (Fsp3) is 0.857. The zero-order valence-corrected chi connectivity index (χ0v) is 7.30. The number of alkyl halides is 1. The largest absolute Gasteiger partial charge is 0.362 e. The van der Waals surface area contributed by atoms with Crippen LogP contribution in [-0.2, 0) is 4.74 Å². The quantitative estimate of drug-likeness (QED) is 0.653. The van der Waals surface area contributed by atoms with Crippen LogP contribution in [-0.4, -0.2) is 18.0 Å². The summed E-state index contributed by atoms with van der Waals surface area (Å²) < 4.78 is 5.26. The Bertz CT molecular complexity index is 139. The SMILES string of the molecule is N#CC(OCCBr)C1CC1. The van der Waals surface area contributed by atoms with Crippen molar-refractivity contribution in [2.75, 3.05) is 11.9 Å². The van der Waals surface area contributed by atoms with Crippen LogP contribution in [0.1, 0.15) is 12.8 Å². The van der Waals surface area contributed by atoms with E-state index in [4.69, 9.17) is 10.00 Å². The van der Waals surface area contributed by atoms with Gasteiger partial charge in [0.1, 0.15) is 6.10 Å². The van der Waals surface area contributed by atoms with E-state index in [1.54, 1.807) is 0 Å². The molecular weight excluding hydrogens is 194 g/mol. The Labute approximate surface area is 69.3 Å². The third-order valence-electron chi connectivity index (χ3n) is 1.55. The minimum Gasteiger partial charge on any atom is -0.362 e. The molecule has 0 aromatic carbocycles. The highest BCUT2D eigenvalue weighted by atomic mass is 79.9. The van der Waals surface area contributed by atoms with Crippen molar-refractivity contribution in [3.63, 3.8) is 0 Å². The van der Waals surface area contributed by atoms with Gasteiger partial charge >= 0.3 is 0 Å². The molecule has 1 rings (SSSR count). The van der Waals surface area contributed by atoms with Gasteiger partial charge in [0.05, 0.1) is 12.7 Å². The Kier molecular flexibility index (Phi) is 3.17. The average molecular weight is 204 g/mol. The Morgan fingerprint density at radius 2 is 2.40 bits per heavy atom. The van der Waals surface area contributed by atoms with Crippen LogP contribution in [0.5, 0.6) is 0 Å². The zero-order chi connectivity index (χ0) is 7.40. The molecule has 3 heteroatoms. The molecule has 0 N–H and O–H groups in total. The second-order valence-corrected chi connectivity index (χ2v) is 3.24. The molecule has 0 amide bonds. The molecule has 1 aliphatic carbocycles. The van der Waals surface area contributed by atoms with Crippen LogP contribution < -0.4 is 0 Å². The van der Waals surface area contributed by atoms with Crippen LogP contribution >= 0.6 is 15.9 Å². The van der Waals surface area contributed by atoms with Crippen molar-refractivity contribution >= 4 is 15.9 Å². The molecule has 2 nitrogen and oxygen atoms in total. The van der Waals surface area contributed by atoms with Gasteiger partial charge in [0.25, 0.3) is 0 Å². The van der Waals surface area contributed by atoms with E-state index in [1.807, 2.05) is 0 Å². The topological polar surface area (TPSA) is 33.0 Å². The van der Waals surface area contributed by atoms with E-state index in [2.05, 4.69) is 22.0 Å². The van der Waals surface area contributed by atoms with Crippen molar-refractivity contribution in [2.24, 2.45) is 5.92 Å². The Balaban J connectivity index is 2.15. The molecule has 1 unspecified atom stereocenters. The summed E-state index contributed by atoms with van der Waals surface area (Å²) in [5.74, 6) is 0.532. The summed E-state index contributed by atoms with van der Waals surface area (Å²) in [5.41, 5.74) is 0. The lowest BCUT2D eigenvalue weighted by Crippen LogP contribution is -2.13. The molecular formula is C7H10BrNO. The molecule has 0 aromatic rings. The Hall–Kier alpha value is -0.0700. The minimum absolute atomic E-state index is 0.141. The van der Waals surface area contributed by atoms with Crippen molar-refractivity contribution < 1.29 is 4.74 Å². The van der Waals surface area contributed by atoms with Gasteiger partial charge < -0.3 is 4.74 Å². The highest BCUT2D eigenvalue weighted by Crippen LogP contribution is 2.33. The summed E-state index contributed by atoms with van der Waals surface area (Å²) in [7, 11) is 0. The first-order chi connectivity index (χ1) is 4.88. The molecule has 10 heavy (non-hydrogen) atoms. The molecule has 56 valence electrons. The maximum atomic E-state index is 8.57. The molecule has 0 spiro atoms. The molecule has 1 atom stereocenters. The molecule has 0 heterocycles. The van der Waals surface area contributed by atoms with Gasteiger partial charge in [0, 0.05) is 5.33 Å². The maximum absolute atomic E-state index is 8.57. The molecule has 0 saturated heterocycles. The van der Waals surface area contributed by atoms with Crippen LogP contribution in [0.25, 0.3) is 0 Å². The standard InChI is InChI=1S/C7H10BrNO/c8-3-4-10-7(5-9)6-1-2-6/h6-7H,1-4H2. The van der Waals surface area contributed by atoms with E-state index >= 15 is 0 Å². The van der Waals surface area contributed by atoms with Gasteiger partial charge in [-0.3, -0.25) is 0 Å². The number of ether oxygens (including phenoxy) is 1. The first-order valence-corrected chi connectivity index (χ1v) is 4.58. The maximum Gasteiger partial charge on any atom is 0.146 e. The predicted molar refractivity (Wildman–Crippen MR) is 41.9 cm³/mol. The summed E-state index contributed by atoms with van der Waals surface area (Å²) in [6.07, 6.45) is 2.19. The van der Waals surface area contributed by atoms with Gasteiger partial charge in [-0.25, -0.2) is 0 Å². The third kappa shape index (κ3) is 2.28. The van der Waals surface area contributed by atoms with E-state index in [9.17, 15) is 0 Å². The molecule has 0 bridgehead atoms. The lowest BCUT2D eigenvalue weighted by Gasteiger charge is -2.06. The number of nitrogens with zero attached hydrogens (tertiary/aromatic N) is 1. The van der Waals surface area contributed by atoms with E-state index in [-0.39, 0.29) is 6.10 Å². The van der Waals surface area contributed by atoms with Crippen molar-refractivity contribution in [3.05, 3.63) is 0 Å². The highest BCUT2D eigenvalue weighted by molar-refractivity contribution is 9.09. The van der Waals surface area contributed by atoms with Crippen molar-refractivity contribution in [2.45, 2.75) is 18.9 Å². The number of nitriles is 1. The van der Waals surface area contributed by atoms with Crippen molar-refractivity contribution in [3.8, 4) is 6.07 Å². The number of rotatable bonds is 4. The van der Waals surface area contributed by atoms with E-state index in [0.29, 0.717) is 12.5 Å². The van der Waals surface area contributed by atoms with Gasteiger partial charge in [-0.05, 0) is 18.8 Å². The zero-order valence-electron chi connectivity index (χ0n) is 5.72. The minimum atomic E-state index is -0.141. The van der Waals surface area contributed by atoms with Gasteiger partial charge in [-0.15, -0.1) is 0 Å². The van der Waals surface area contributed by atoms with E-state index in [1.165, 1.54) is 12.8 Å². The molecule has 1 saturated carbocycles.